The Labute approximate surface area is 127 Å². The quantitative estimate of drug-likeness (QED) is 0.751. The van der Waals surface area contributed by atoms with Gasteiger partial charge in [-0.1, -0.05) is 12.1 Å². The van der Waals surface area contributed by atoms with E-state index in [2.05, 4.69) is 9.62 Å². The lowest BCUT2D eigenvalue weighted by Gasteiger charge is -2.24. The van der Waals surface area contributed by atoms with Gasteiger partial charge in [-0.3, -0.25) is 4.90 Å². The molecule has 1 saturated carbocycles. The van der Waals surface area contributed by atoms with Crippen LogP contribution in [0.4, 0.5) is 0 Å². The summed E-state index contributed by atoms with van der Waals surface area (Å²) in [5.74, 6) is 0. The van der Waals surface area contributed by atoms with Crippen LogP contribution in [0.1, 0.15) is 25.3 Å². The summed E-state index contributed by atoms with van der Waals surface area (Å²) in [5.41, 5.74) is 0.929. The van der Waals surface area contributed by atoms with Gasteiger partial charge in [0, 0.05) is 25.2 Å². The number of hydrogen-bond donors (Lipinski definition) is 2. The van der Waals surface area contributed by atoms with Gasteiger partial charge in [0.15, 0.2) is 0 Å². The highest BCUT2D eigenvalue weighted by Gasteiger charge is 2.29. The van der Waals surface area contributed by atoms with Crippen molar-refractivity contribution in [1.82, 2.24) is 9.62 Å². The van der Waals surface area contributed by atoms with E-state index in [-0.39, 0.29) is 17.5 Å². The Morgan fingerprint density at radius 3 is 2.48 bits per heavy atom. The Hall–Kier alpha value is -0.950. The van der Waals surface area contributed by atoms with Crippen LogP contribution in [0.3, 0.4) is 0 Å². The summed E-state index contributed by atoms with van der Waals surface area (Å²) in [6.45, 7) is 2.51. The molecule has 1 aliphatic rings. The highest BCUT2D eigenvalue weighted by molar-refractivity contribution is 7.89. The predicted molar refractivity (Wildman–Crippen MR) is 82.7 cm³/mol. The third-order valence-electron chi connectivity index (χ3n) is 4.02. The zero-order valence-electron chi connectivity index (χ0n) is 12.6. The molecule has 1 fully saturated rings. The summed E-state index contributed by atoms with van der Waals surface area (Å²) in [4.78, 5) is 2.50. The molecule has 1 aromatic carbocycles. The van der Waals surface area contributed by atoms with Gasteiger partial charge >= 0.3 is 0 Å². The van der Waals surface area contributed by atoms with Gasteiger partial charge in [0.1, 0.15) is 0 Å². The minimum Gasteiger partial charge on any atom is -0.396 e. The summed E-state index contributed by atoms with van der Waals surface area (Å²) < 4.78 is 27.1. The first-order valence-electron chi connectivity index (χ1n) is 7.35. The van der Waals surface area contributed by atoms with Gasteiger partial charge in [-0.2, -0.15) is 0 Å². The van der Waals surface area contributed by atoms with Crippen molar-refractivity contribution >= 4 is 10.0 Å². The van der Waals surface area contributed by atoms with Crippen LogP contribution < -0.4 is 4.72 Å². The van der Waals surface area contributed by atoms with E-state index in [9.17, 15) is 8.42 Å². The fraction of sp³-hybridized carbons (Fsp3) is 0.600. The maximum Gasteiger partial charge on any atom is 0.240 e. The van der Waals surface area contributed by atoms with Crippen LogP contribution in [-0.2, 0) is 16.4 Å². The van der Waals surface area contributed by atoms with Crippen LogP contribution in [0.25, 0.3) is 0 Å². The Balaban J connectivity index is 1.94. The van der Waals surface area contributed by atoms with Crippen molar-refractivity contribution < 1.29 is 13.5 Å². The molecule has 0 aliphatic heterocycles. The van der Waals surface area contributed by atoms with E-state index >= 15 is 0 Å². The van der Waals surface area contributed by atoms with Gasteiger partial charge in [-0.25, -0.2) is 13.1 Å². The van der Waals surface area contributed by atoms with E-state index in [0.29, 0.717) is 19.0 Å². The first-order valence-corrected chi connectivity index (χ1v) is 8.84. The van der Waals surface area contributed by atoms with E-state index in [0.717, 1.165) is 5.56 Å². The van der Waals surface area contributed by atoms with Crippen LogP contribution in [0, 0.1) is 0 Å². The van der Waals surface area contributed by atoms with Gasteiger partial charge in [-0.15, -0.1) is 0 Å². The third kappa shape index (κ3) is 4.51. The Morgan fingerprint density at radius 1 is 1.33 bits per heavy atom. The first-order chi connectivity index (χ1) is 9.94. The minimum absolute atomic E-state index is 0.0648. The third-order valence-corrected chi connectivity index (χ3v) is 5.46. The number of aliphatic hydroxyl groups is 1. The summed E-state index contributed by atoms with van der Waals surface area (Å²) >= 11 is 0. The van der Waals surface area contributed by atoms with Gasteiger partial charge in [-0.05, 0) is 50.9 Å². The van der Waals surface area contributed by atoms with Gasteiger partial charge < -0.3 is 5.11 Å². The van der Waals surface area contributed by atoms with Crippen LogP contribution >= 0.6 is 0 Å². The maximum atomic E-state index is 12.2. The number of nitrogens with one attached hydrogen (secondary N) is 1. The molecule has 0 bridgehead atoms. The second-order valence-electron chi connectivity index (χ2n) is 5.72. The van der Waals surface area contributed by atoms with E-state index < -0.39 is 10.0 Å². The monoisotopic (exact) mass is 312 g/mol. The lowest BCUT2D eigenvalue weighted by Crippen LogP contribution is -2.41. The highest BCUT2D eigenvalue weighted by Crippen LogP contribution is 2.26. The lowest BCUT2D eigenvalue weighted by molar-refractivity contribution is 0.248. The molecule has 0 radical (unpaired) electrons. The standard InChI is InChI=1S/C15H24N2O3S/c1-12(17(2)14-5-6-14)11-16-21(19,20)15-7-3-13(4-8-15)9-10-18/h3-4,7-8,12,14,16,18H,5-6,9-11H2,1-2H3. The number of benzene rings is 1. The summed E-state index contributed by atoms with van der Waals surface area (Å²) in [7, 11) is -1.42. The SMILES string of the molecule is CC(CNS(=O)(=O)c1ccc(CCO)cc1)N(C)C1CC1. The molecule has 6 heteroatoms. The Bertz CT molecular complexity index is 553. The van der Waals surface area contributed by atoms with E-state index in [4.69, 9.17) is 5.11 Å². The molecule has 118 valence electrons. The smallest absolute Gasteiger partial charge is 0.240 e. The molecular formula is C15H24N2O3S. The Morgan fingerprint density at radius 2 is 1.95 bits per heavy atom. The molecule has 1 aromatic rings. The lowest BCUT2D eigenvalue weighted by atomic mass is 10.2. The topological polar surface area (TPSA) is 69.6 Å². The zero-order chi connectivity index (χ0) is 15.5. The van der Waals surface area contributed by atoms with E-state index in [1.807, 2.05) is 14.0 Å². The number of sulfonamides is 1. The van der Waals surface area contributed by atoms with Crippen LogP contribution in [-0.4, -0.2) is 50.7 Å². The van der Waals surface area contributed by atoms with E-state index in [1.54, 1.807) is 24.3 Å². The second kappa shape index (κ2) is 6.87. The molecule has 1 unspecified atom stereocenters. The minimum atomic E-state index is -3.47. The molecule has 0 spiro atoms. The highest BCUT2D eigenvalue weighted by atomic mass is 32.2. The Kier molecular flexibility index (Phi) is 5.37. The van der Waals surface area contributed by atoms with Crippen LogP contribution in [0.2, 0.25) is 0 Å². The normalized spacial score (nSPS) is 17.1. The zero-order valence-corrected chi connectivity index (χ0v) is 13.4. The average molecular weight is 312 g/mol. The van der Waals surface area contributed by atoms with Crippen molar-refractivity contribution in [1.29, 1.82) is 0 Å². The maximum absolute atomic E-state index is 12.2. The van der Waals surface area contributed by atoms with Crippen molar-refractivity contribution in [3.05, 3.63) is 29.8 Å². The molecule has 0 heterocycles. The fourth-order valence-electron chi connectivity index (χ4n) is 2.26. The van der Waals surface area contributed by atoms with Gasteiger partial charge in [0.05, 0.1) is 4.90 Å². The predicted octanol–water partition coefficient (Wildman–Crippen LogP) is 0.982. The van der Waals surface area contributed by atoms with Gasteiger partial charge in [0.25, 0.3) is 0 Å². The fourth-order valence-corrected chi connectivity index (χ4v) is 3.39. The summed E-state index contributed by atoms with van der Waals surface area (Å²) in [6.07, 6.45) is 2.96. The van der Waals surface area contributed by atoms with Crippen LogP contribution in [0.5, 0.6) is 0 Å². The summed E-state index contributed by atoms with van der Waals surface area (Å²) in [6, 6.07) is 7.45. The molecule has 5 nitrogen and oxygen atoms in total. The largest absolute Gasteiger partial charge is 0.396 e. The average Bonchev–Trinajstić information content (AvgIpc) is 3.29. The van der Waals surface area contributed by atoms with Crippen molar-refractivity contribution in [2.45, 2.75) is 43.2 Å². The second-order valence-corrected chi connectivity index (χ2v) is 7.48. The number of nitrogens with zero attached hydrogens (tertiary/aromatic N) is 1. The van der Waals surface area contributed by atoms with Gasteiger partial charge in [0.2, 0.25) is 10.0 Å². The molecular weight excluding hydrogens is 288 g/mol. The summed E-state index contributed by atoms with van der Waals surface area (Å²) in [5, 5.41) is 8.86. The number of hydrogen-bond acceptors (Lipinski definition) is 4. The van der Waals surface area contributed by atoms with Crippen LogP contribution in [0.15, 0.2) is 29.2 Å². The van der Waals surface area contributed by atoms with Crippen molar-refractivity contribution in [2.24, 2.45) is 0 Å². The molecule has 1 aliphatic carbocycles. The van der Waals surface area contributed by atoms with Crippen molar-refractivity contribution in [2.75, 3.05) is 20.2 Å². The van der Waals surface area contributed by atoms with E-state index in [1.165, 1.54) is 12.8 Å². The number of rotatable bonds is 8. The molecule has 1 atom stereocenters. The first kappa shape index (κ1) is 16.4. The number of likely N-dealkylation sites (N-methyl/N-ethyl adjacent to an activating group) is 1. The molecule has 0 aromatic heterocycles. The molecule has 2 N–H and O–H groups in total. The molecule has 21 heavy (non-hydrogen) atoms. The molecule has 0 saturated heterocycles. The van der Waals surface area contributed by atoms with Crippen molar-refractivity contribution in [3.63, 3.8) is 0 Å². The molecule has 0 amide bonds. The molecule has 2 rings (SSSR count). The van der Waals surface area contributed by atoms with Crippen molar-refractivity contribution in [3.8, 4) is 0 Å². The number of aliphatic hydroxyl groups excluding tert-OH is 1.